The van der Waals surface area contributed by atoms with Gasteiger partial charge in [0, 0.05) is 5.56 Å². The lowest BCUT2D eigenvalue weighted by Gasteiger charge is -2.48. The highest BCUT2D eigenvalue weighted by molar-refractivity contribution is 6.20. The van der Waals surface area contributed by atoms with Gasteiger partial charge in [-0.15, -0.1) is 0 Å². The summed E-state index contributed by atoms with van der Waals surface area (Å²) in [6, 6.07) is 1.83. The lowest BCUT2D eigenvalue weighted by atomic mass is 9.88. The minimum atomic E-state index is -5.84. The Morgan fingerprint density at radius 2 is 1.58 bits per heavy atom. The van der Waals surface area contributed by atoms with Crippen molar-refractivity contribution in [1.82, 2.24) is 0 Å². The molecule has 0 saturated carbocycles. The summed E-state index contributed by atoms with van der Waals surface area (Å²) in [5.41, 5.74) is -6.12. The fourth-order valence-electron chi connectivity index (χ4n) is 1.71. The standard InChI is InChI=1S/C9H3BF7O2/c11-5-3-1-2-4-6(5)18-10-19-7(4,8(12,13)14)9(15,16)17/h1-3H/q-1. The summed E-state index contributed by atoms with van der Waals surface area (Å²) in [7, 11) is -0.174. The first kappa shape index (κ1) is 14.0. The number of benzene rings is 1. The van der Waals surface area contributed by atoms with Gasteiger partial charge in [-0.2, -0.15) is 26.3 Å². The molecule has 2 nitrogen and oxygen atoms in total. The third-order valence-corrected chi connectivity index (χ3v) is 2.54. The Morgan fingerprint density at radius 1 is 1.00 bits per heavy atom. The Balaban J connectivity index is 2.77. The molecule has 0 spiro atoms. The first-order valence-corrected chi connectivity index (χ1v) is 4.70. The summed E-state index contributed by atoms with van der Waals surface area (Å²) < 4.78 is 98.4. The molecule has 0 fully saturated rings. The molecule has 0 aliphatic carbocycles. The predicted molar refractivity (Wildman–Crippen MR) is 47.7 cm³/mol. The highest BCUT2D eigenvalue weighted by atomic mass is 19.4. The maximum absolute atomic E-state index is 13.3. The molecule has 10 heteroatoms. The van der Waals surface area contributed by atoms with Gasteiger partial charge in [0.1, 0.15) is 5.75 Å². The number of halogens is 7. The number of alkyl halides is 6. The van der Waals surface area contributed by atoms with Gasteiger partial charge >= 0.3 is 12.4 Å². The zero-order valence-corrected chi connectivity index (χ0v) is 8.77. The molecular formula is C9H3BF7O2-. The number of rotatable bonds is 0. The van der Waals surface area contributed by atoms with Crippen LogP contribution in [0.4, 0.5) is 30.7 Å². The van der Waals surface area contributed by atoms with Crippen molar-refractivity contribution < 1.29 is 40.0 Å². The third kappa shape index (κ3) is 1.85. The van der Waals surface area contributed by atoms with Crippen molar-refractivity contribution in [3.05, 3.63) is 29.6 Å². The van der Waals surface area contributed by atoms with Crippen LogP contribution >= 0.6 is 0 Å². The first-order chi connectivity index (χ1) is 8.61. The van der Waals surface area contributed by atoms with E-state index in [4.69, 9.17) is 0 Å². The monoisotopic (exact) mass is 287 g/mol. The van der Waals surface area contributed by atoms with Crippen LogP contribution in [-0.2, 0) is 10.3 Å². The van der Waals surface area contributed by atoms with E-state index >= 15 is 0 Å². The Kier molecular flexibility index (Phi) is 2.96. The molecule has 104 valence electrons. The molecule has 0 atom stereocenters. The van der Waals surface area contributed by atoms with E-state index in [1.165, 1.54) is 0 Å². The Morgan fingerprint density at radius 3 is 2.11 bits per heavy atom. The highest BCUT2D eigenvalue weighted by Crippen LogP contribution is 2.56. The molecule has 19 heavy (non-hydrogen) atoms. The van der Waals surface area contributed by atoms with Gasteiger partial charge in [0.15, 0.2) is 5.82 Å². The largest absolute Gasteiger partial charge is 0.739 e. The highest BCUT2D eigenvalue weighted by Gasteiger charge is 2.72. The van der Waals surface area contributed by atoms with Crippen LogP contribution in [0.15, 0.2) is 18.2 Å². The summed E-state index contributed by atoms with van der Waals surface area (Å²) in [6.07, 6.45) is -11.7. The molecule has 0 aromatic heterocycles. The van der Waals surface area contributed by atoms with Gasteiger partial charge in [0.2, 0.25) is 5.60 Å². The smallest absolute Gasteiger partial charge is 0.427 e. The zero-order valence-electron chi connectivity index (χ0n) is 8.77. The normalized spacial score (nSPS) is 18.7. The van der Waals surface area contributed by atoms with Crippen LogP contribution in [0.25, 0.3) is 0 Å². The van der Waals surface area contributed by atoms with Crippen LogP contribution in [0.3, 0.4) is 0 Å². The first-order valence-electron chi connectivity index (χ1n) is 4.70. The molecular weight excluding hydrogens is 284 g/mol. The third-order valence-electron chi connectivity index (χ3n) is 2.54. The zero-order chi connectivity index (χ0) is 14.5. The van der Waals surface area contributed by atoms with Gasteiger partial charge in [-0.1, -0.05) is 12.1 Å². The lowest BCUT2D eigenvalue weighted by molar-refractivity contribution is -0.370. The molecule has 0 bridgehead atoms. The number of fused-ring (bicyclic) bond motifs is 1. The van der Waals surface area contributed by atoms with Gasteiger partial charge in [0.05, 0.1) is 7.69 Å². The minimum absolute atomic E-state index is 0.174. The van der Waals surface area contributed by atoms with E-state index in [-0.39, 0.29) is 7.69 Å². The number of para-hydroxylation sites is 1. The van der Waals surface area contributed by atoms with Crippen LogP contribution in [-0.4, -0.2) is 20.0 Å². The Bertz CT molecular complexity index is 482. The van der Waals surface area contributed by atoms with Gasteiger partial charge in [-0.05, 0) is 6.07 Å². The summed E-state index contributed by atoms with van der Waals surface area (Å²) in [5.74, 6) is -2.52. The van der Waals surface area contributed by atoms with Crippen molar-refractivity contribution in [3.8, 4) is 5.75 Å². The summed E-state index contributed by atoms with van der Waals surface area (Å²) >= 11 is 0. The molecule has 1 aliphatic heterocycles. The molecule has 1 aromatic carbocycles. The Labute approximate surface area is 102 Å². The predicted octanol–water partition coefficient (Wildman–Crippen LogP) is 3.09. The van der Waals surface area contributed by atoms with E-state index in [0.717, 1.165) is 0 Å². The summed E-state index contributed by atoms with van der Waals surface area (Å²) in [6.45, 7) is 0. The molecule has 1 aliphatic rings. The fourth-order valence-corrected chi connectivity index (χ4v) is 1.71. The topological polar surface area (TPSA) is 18.5 Å². The average Bonchev–Trinajstić information content (AvgIpc) is 2.25. The average molecular weight is 287 g/mol. The second-order valence-corrected chi connectivity index (χ2v) is 3.63. The number of hydrogen-bond donors (Lipinski definition) is 0. The second-order valence-electron chi connectivity index (χ2n) is 3.63. The number of hydrogen-bond acceptors (Lipinski definition) is 2. The fraction of sp³-hybridized carbons (Fsp3) is 0.333. The van der Waals surface area contributed by atoms with Crippen LogP contribution in [0.2, 0.25) is 0 Å². The SMILES string of the molecule is Fc1cccc2c1O[B-]OC2(C(F)(F)F)C(F)(F)F. The maximum Gasteiger partial charge on any atom is 0.427 e. The molecule has 0 N–H and O–H groups in total. The maximum atomic E-state index is 13.3. The van der Waals surface area contributed by atoms with E-state index in [1.54, 1.807) is 0 Å². The lowest BCUT2D eigenvalue weighted by Crippen LogP contribution is -2.58. The Hall–Kier alpha value is -1.45. The van der Waals surface area contributed by atoms with Gasteiger partial charge < -0.3 is 9.31 Å². The van der Waals surface area contributed by atoms with E-state index in [2.05, 4.69) is 9.31 Å². The second kappa shape index (κ2) is 4.02. The molecule has 1 heterocycles. The van der Waals surface area contributed by atoms with Crippen molar-refractivity contribution in [2.75, 3.05) is 0 Å². The minimum Gasteiger partial charge on any atom is -0.739 e. The molecule has 2 radical (unpaired) electrons. The van der Waals surface area contributed by atoms with E-state index in [1.807, 2.05) is 0 Å². The van der Waals surface area contributed by atoms with Crippen LogP contribution < -0.4 is 4.65 Å². The van der Waals surface area contributed by atoms with E-state index < -0.39 is 35.1 Å². The van der Waals surface area contributed by atoms with Gasteiger partial charge in [-0.25, -0.2) is 4.39 Å². The molecule has 0 saturated heterocycles. The quantitative estimate of drug-likeness (QED) is 0.539. The molecule has 2 rings (SSSR count). The van der Waals surface area contributed by atoms with Gasteiger partial charge in [-0.3, -0.25) is 0 Å². The van der Waals surface area contributed by atoms with Crippen molar-refractivity contribution in [2.45, 2.75) is 18.0 Å². The molecule has 0 unspecified atom stereocenters. The van der Waals surface area contributed by atoms with Crippen molar-refractivity contribution in [2.24, 2.45) is 0 Å². The van der Waals surface area contributed by atoms with Crippen LogP contribution in [0.5, 0.6) is 5.75 Å². The van der Waals surface area contributed by atoms with Crippen molar-refractivity contribution >= 4 is 7.69 Å². The molecule has 1 aromatic rings. The van der Waals surface area contributed by atoms with E-state index in [9.17, 15) is 30.7 Å². The summed E-state index contributed by atoms with van der Waals surface area (Å²) in [4.78, 5) is 0. The molecule has 0 amide bonds. The van der Waals surface area contributed by atoms with Gasteiger partial charge in [0.25, 0.3) is 0 Å². The van der Waals surface area contributed by atoms with Crippen LogP contribution in [0.1, 0.15) is 5.56 Å². The summed E-state index contributed by atoms with van der Waals surface area (Å²) in [5, 5.41) is 0. The van der Waals surface area contributed by atoms with Crippen molar-refractivity contribution in [1.29, 1.82) is 0 Å². The van der Waals surface area contributed by atoms with E-state index in [0.29, 0.717) is 18.2 Å². The van der Waals surface area contributed by atoms with Crippen LogP contribution in [0, 0.1) is 5.82 Å². The van der Waals surface area contributed by atoms with Crippen molar-refractivity contribution in [3.63, 3.8) is 0 Å².